The maximum absolute atomic E-state index is 13.4. The van der Waals surface area contributed by atoms with Gasteiger partial charge in [-0.1, -0.05) is 47.3 Å². The monoisotopic (exact) mass is 508 g/mol. The number of carbonyl (C=O) groups is 1. The summed E-state index contributed by atoms with van der Waals surface area (Å²) in [4.78, 5) is 17.6. The molecule has 180 valence electrons. The number of pyridine rings is 1. The van der Waals surface area contributed by atoms with Crippen LogP contribution in [0.15, 0.2) is 54.9 Å². The predicted molar refractivity (Wildman–Crippen MR) is 139 cm³/mol. The predicted octanol–water partition coefficient (Wildman–Crippen LogP) is 6.82. The van der Waals surface area contributed by atoms with E-state index in [2.05, 4.69) is 22.3 Å². The molecule has 5 nitrogen and oxygen atoms in total. The lowest BCUT2D eigenvalue weighted by Crippen LogP contribution is -2.30. The number of benzene rings is 2. The molecule has 4 rings (SSSR count). The second-order valence-electron chi connectivity index (χ2n) is 8.96. The number of terminal acetylenes is 1. The maximum Gasteiger partial charge on any atom is 0.259 e. The Kier molecular flexibility index (Phi) is 7.54. The van der Waals surface area contributed by atoms with Crippen LogP contribution in [0, 0.1) is 12.3 Å². The fraction of sp³-hybridized carbons (Fsp3) is 0.286. The van der Waals surface area contributed by atoms with Crippen molar-refractivity contribution in [2.45, 2.75) is 44.6 Å². The normalized spacial score (nSPS) is 13.1. The smallest absolute Gasteiger partial charge is 0.259 e. The second kappa shape index (κ2) is 10.6. The molecule has 1 amide bonds. The third-order valence-corrected chi connectivity index (χ3v) is 6.23. The van der Waals surface area contributed by atoms with Gasteiger partial charge in [-0.05, 0) is 74.4 Å². The fourth-order valence-electron chi connectivity index (χ4n) is 3.61. The molecule has 1 heterocycles. The third-order valence-electron chi connectivity index (χ3n) is 5.65. The van der Waals surface area contributed by atoms with E-state index in [4.69, 9.17) is 39.1 Å². The van der Waals surface area contributed by atoms with Crippen LogP contribution >= 0.6 is 23.2 Å². The molecule has 1 aromatic heterocycles. The minimum absolute atomic E-state index is 0.224. The van der Waals surface area contributed by atoms with E-state index in [1.165, 1.54) is 30.8 Å². The van der Waals surface area contributed by atoms with Crippen LogP contribution in [0.5, 0.6) is 17.2 Å². The van der Waals surface area contributed by atoms with E-state index in [9.17, 15) is 4.79 Å². The highest BCUT2D eigenvalue weighted by molar-refractivity contribution is 6.35. The highest BCUT2D eigenvalue weighted by Gasteiger charge is 2.26. The summed E-state index contributed by atoms with van der Waals surface area (Å²) in [5, 5.41) is 4.04. The molecule has 0 unspecified atom stereocenters. The molecule has 0 radical (unpaired) electrons. The SMILES string of the molecule is C#CC(C)(C)Oc1cncc(Oc2cccc(C3CC3)c2)c1C(=O)NCCc1ccc(Cl)cc1Cl. The number of nitrogens with zero attached hydrogens (tertiary/aromatic N) is 1. The van der Waals surface area contributed by atoms with Gasteiger partial charge in [0.2, 0.25) is 0 Å². The lowest BCUT2D eigenvalue weighted by Gasteiger charge is -2.23. The Morgan fingerprint density at radius 3 is 2.66 bits per heavy atom. The first-order valence-corrected chi connectivity index (χ1v) is 12.2. The van der Waals surface area contributed by atoms with E-state index in [1.807, 2.05) is 24.3 Å². The Balaban J connectivity index is 1.58. The number of nitrogens with one attached hydrogen (secondary N) is 1. The van der Waals surface area contributed by atoms with Crippen molar-refractivity contribution < 1.29 is 14.3 Å². The first kappa shape index (κ1) is 24.9. The summed E-state index contributed by atoms with van der Waals surface area (Å²) in [5.41, 5.74) is 1.38. The van der Waals surface area contributed by atoms with Crippen molar-refractivity contribution in [2.24, 2.45) is 0 Å². The first-order chi connectivity index (χ1) is 16.8. The molecule has 1 aliphatic carbocycles. The maximum atomic E-state index is 13.4. The zero-order valence-electron chi connectivity index (χ0n) is 19.6. The Hall–Kier alpha value is -3.20. The van der Waals surface area contributed by atoms with Gasteiger partial charge in [-0.3, -0.25) is 9.78 Å². The highest BCUT2D eigenvalue weighted by atomic mass is 35.5. The van der Waals surface area contributed by atoms with Crippen LogP contribution < -0.4 is 14.8 Å². The summed E-state index contributed by atoms with van der Waals surface area (Å²) in [5.74, 6) is 3.94. The number of halogens is 2. The Morgan fingerprint density at radius 1 is 1.17 bits per heavy atom. The summed E-state index contributed by atoms with van der Waals surface area (Å²) < 4.78 is 12.1. The van der Waals surface area contributed by atoms with E-state index in [0.717, 1.165) is 5.56 Å². The van der Waals surface area contributed by atoms with Crippen LogP contribution in [0.2, 0.25) is 10.0 Å². The Bertz CT molecular complexity index is 1280. The number of rotatable bonds is 9. The van der Waals surface area contributed by atoms with Crippen molar-refractivity contribution in [2.75, 3.05) is 6.54 Å². The number of amides is 1. The van der Waals surface area contributed by atoms with Gasteiger partial charge in [-0.2, -0.15) is 0 Å². The minimum Gasteiger partial charge on any atom is -0.473 e. The molecule has 7 heteroatoms. The van der Waals surface area contributed by atoms with Crippen molar-refractivity contribution in [3.8, 4) is 29.6 Å². The number of carbonyl (C=O) groups excluding carboxylic acids is 1. The van der Waals surface area contributed by atoms with Gasteiger partial charge < -0.3 is 14.8 Å². The number of ether oxygens (including phenoxy) is 2. The van der Waals surface area contributed by atoms with Gasteiger partial charge in [0.05, 0.1) is 12.4 Å². The summed E-state index contributed by atoms with van der Waals surface area (Å²) in [7, 11) is 0. The van der Waals surface area contributed by atoms with Crippen LogP contribution in [-0.2, 0) is 6.42 Å². The Labute approximate surface area is 215 Å². The number of aromatic nitrogens is 1. The molecule has 0 bridgehead atoms. The van der Waals surface area contributed by atoms with E-state index < -0.39 is 5.60 Å². The summed E-state index contributed by atoms with van der Waals surface area (Å²) in [6, 6.07) is 13.2. The molecule has 35 heavy (non-hydrogen) atoms. The van der Waals surface area contributed by atoms with Crippen LogP contribution in [0.1, 0.15) is 54.1 Å². The van der Waals surface area contributed by atoms with Crippen LogP contribution in [0.3, 0.4) is 0 Å². The Morgan fingerprint density at radius 2 is 1.94 bits per heavy atom. The van der Waals surface area contributed by atoms with Gasteiger partial charge in [0.15, 0.2) is 17.1 Å². The van der Waals surface area contributed by atoms with E-state index in [1.54, 1.807) is 26.0 Å². The second-order valence-corrected chi connectivity index (χ2v) is 9.80. The van der Waals surface area contributed by atoms with Gasteiger partial charge in [0.1, 0.15) is 11.3 Å². The average Bonchev–Trinajstić information content (AvgIpc) is 3.66. The molecule has 0 aliphatic heterocycles. The van der Waals surface area contributed by atoms with Crippen LogP contribution in [0.4, 0.5) is 0 Å². The standard InChI is InChI=1S/C28H26Cl2N2O3/c1-4-28(2,3)35-25-17-31-16-24(34-22-7-5-6-20(14-22)18-8-9-18)26(25)27(33)32-13-12-19-10-11-21(29)15-23(19)30/h1,5-7,10-11,14-18H,8-9,12-13H2,2-3H3,(H,32,33). The zero-order valence-corrected chi connectivity index (χ0v) is 21.1. The topological polar surface area (TPSA) is 60.5 Å². The zero-order chi connectivity index (χ0) is 25.0. The third kappa shape index (κ3) is 6.48. The molecular formula is C28H26Cl2N2O3. The molecular weight excluding hydrogens is 483 g/mol. The van der Waals surface area contributed by atoms with Gasteiger partial charge in [0.25, 0.3) is 5.91 Å². The van der Waals surface area contributed by atoms with E-state index >= 15 is 0 Å². The van der Waals surface area contributed by atoms with Gasteiger partial charge in [-0.25, -0.2) is 0 Å². The van der Waals surface area contributed by atoms with E-state index in [0.29, 0.717) is 34.7 Å². The summed E-state index contributed by atoms with van der Waals surface area (Å²) in [6.07, 6.45) is 11.5. The van der Waals surface area contributed by atoms with Crippen LogP contribution in [-0.4, -0.2) is 23.0 Å². The van der Waals surface area contributed by atoms with Crippen molar-refractivity contribution in [1.29, 1.82) is 0 Å². The lowest BCUT2D eigenvalue weighted by atomic mass is 10.1. The summed E-state index contributed by atoms with van der Waals surface area (Å²) in [6.45, 7) is 3.82. The molecule has 1 fully saturated rings. The van der Waals surface area contributed by atoms with Gasteiger partial charge >= 0.3 is 0 Å². The summed E-state index contributed by atoms with van der Waals surface area (Å²) >= 11 is 12.2. The largest absolute Gasteiger partial charge is 0.473 e. The fourth-order valence-corrected chi connectivity index (χ4v) is 4.11. The molecule has 0 saturated heterocycles. The molecule has 0 spiro atoms. The number of hydrogen-bond donors (Lipinski definition) is 1. The van der Waals surface area contributed by atoms with Crippen molar-refractivity contribution in [1.82, 2.24) is 10.3 Å². The van der Waals surface area contributed by atoms with Crippen LogP contribution in [0.25, 0.3) is 0 Å². The molecule has 2 aromatic carbocycles. The van der Waals surface area contributed by atoms with E-state index in [-0.39, 0.29) is 23.0 Å². The molecule has 3 aromatic rings. The lowest BCUT2D eigenvalue weighted by molar-refractivity contribution is 0.0940. The van der Waals surface area contributed by atoms with Gasteiger partial charge in [0, 0.05) is 16.6 Å². The first-order valence-electron chi connectivity index (χ1n) is 11.4. The number of hydrogen-bond acceptors (Lipinski definition) is 4. The van der Waals surface area contributed by atoms with Gasteiger partial charge in [-0.15, -0.1) is 6.42 Å². The van der Waals surface area contributed by atoms with Crippen molar-refractivity contribution in [3.63, 3.8) is 0 Å². The molecule has 1 N–H and O–H groups in total. The molecule has 1 saturated carbocycles. The highest BCUT2D eigenvalue weighted by Crippen LogP contribution is 2.42. The molecule has 0 atom stereocenters. The minimum atomic E-state index is -0.946. The van der Waals surface area contributed by atoms with Crippen molar-refractivity contribution >= 4 is 29.1 Å². The van der Waals surface area contributed by atoms with Crippen molar-refractivity contribution in [3.05, 3.63) is 81.6 Å². The molecule has 1 aliphatic rings. The quantitative estimate of drug-likeness (QED) is 0.322. The average molecular weight is 509 g/mol.